The smallest absolute Gasteiger partial charge is 0.321 e. The van der Waals surface area contributed by atoms with Gasteiger partial charge in [0.15, 0.2) is 0 Å². The molecule has 1 aromatic rings. The molecule has 20 heavy (non-hydrogen) atoms. The quantitative estimate of drug-likeness (QED) is 0.779. The first-order valence-corrected chi connectivity index (χ1v) is 6.67. The second-order valence-corrected chi connectivity index (χ2v) is 5.06. The Morgan fingerprint density at radius 1 is 1.45 bits per heavy atom. The van der Waals surface area contributed by atoms with Gasteiger partial charge in [-0.05, 0) is 30.5 Å². The summed E-state index contributed by atoms with van der Waals surface area (Å²) in [6, 6.07) is 5.45. The standard InChI is InChI=1S/C14H19FN2O3/c15-12-2-1-3-13(6-12)16-14(20)17-5-4-10(7-17)11(8-18)9-19/h1-3,6,10-11,18-19H,4-5,7-9H2,(H,16,20)/t10-/m1/s1. The van der Waals surface area contributed by atoms with Crippen LogP contribution in [0.3, 0.4) is 0 Å². The second-order valence-electron chi connectivity index (χ2n) is 5.06. The summed E-state index contributed by atoms with van der Waals surface area (Å²) in [6.07, 6.45) is 0.752. The zero-order chi connectivity index (χ0) is 14.5. The molecule has 1 heterocycles. The molecule has 110 valence electrons. The Hall–Kier alpha value is -1.66. The first-order valence-electron chi connectivity index (χ1n) is 6.67. The lowest BCUT2D eigenvalue weighted by molar-refractivity contribution is 0.109. The van der Waals surface area contributed by atoms with Crippen molar-refractivity contribution in [1.82, 2.24) is 4.90 Å². The topological polar surface area (TPSA) is 72.8 Å². The van der Waals surface area contributed by atoms with Crippen molar-refractivity contribution in [2.24, 2.45) is 11.8 Å². The minimum atomic E-state index is -0.400. The first kappa shape index (κ1) is 14.7. The summed E-state index contributed by atoms with van der Waals surface area (Å²) in [7, 11) is 0. The van der Waals surface area contributed by atoms with Gasteiger partial charge in [0.25, 0.3) is 0 Å². The van der Waals surface area contributed by atoms with Crippen molar-refractivity contribution in [3.8, 4) is 0 Å². The van der Waals surface area contributed by atoms with E-state index in [0.717, 1.165) is 6.42 Å². The van der Waals surface area contributed by atoms with Crippen molar-refractivity contribution in [3.05, 3.63) is 30.1 Å². The van der Waals surface area contributed by atoms with E-state index in [-0.39, 0.29) is 31.1 Å². The van der Waals surface area contributed by atoms with Crippen LogP contribution in [-0.4, -0.2) is 47.4 Å². The number of carbonyl (C=O) groups is 1. The molecule has 1 aromatic carbocycles. The van der Waals surface area contributed by atoms with Crippen molar-refractivity contribution >= 4 is 11.7 Å². The van der Waals surface area contributed by atoms with Crippen LogP contribution < -0.4 is 5.32 Å². The van der Waals surface area contributed by atoms with Crippen LogP contribution in [0.4, 0.5) is 14.9 Å². The molecule has 0 unspecified atom stereocenters. The second kappa shape index (κ2) is 6.67. The van der Waals surface area contributed by atoms with Gasteiger partial charge in [-0.2, -0.15) is 0 Å². The normalized spacial score (nSPS) is 18.6. The number of hydrogen-bond acceptors (Lipinski definition) is 3. The van der Waals surface area contributed by atoms with Crippen LogP contribution in [0.25, 0.3) is 0 Å². The van der Waals surface area contributed by atoms with Crippen molar-refractivity contribution in [3.63, 3.8) is 0 Å². The zero-order valence-corrected chi connectivity index (χ0v) is 11.1. The van der Waals surface area contributed by atoms with Gasteiger partial charge in [-0.15, -0.1) is 0 Å². The Morgan fingerprint density at radius 3 is 2.85 bits per heavy atom. The van der Waals surface area contributed by atoms with Crippen molar-refractivity contribution in [1.29, 1.82) is 0 Å². The number of amides is 2. The maximum Gasteiger partial charge on any atom is 0.321 e. The SMILES string of the molecule is O=C(Nc1cccc(F)c1)N1CC[C@@H](C(CO)CO)C1. The summed E-state index contributed by atoms with van der Waals surface area (Å²) < 4.78 is 13.0. The highest BCUT2D eigenvalue weighted by Crippen LogP contribution is 2.24. The number of urea groups is 1. The predicted octanol–water partition coefficient (Wildman–Crippen LogP) is 1.28. The van der Waals surface area contributed by atoms with Gasteiger partial charge in [-0.1, -0.05) is 6.07 Å². The Labute approximate surface area is 117 Å². The number of nitrogens with one attached hydrogen (secondary N) is 1. The molecule has 0 radical (unpaired) electrons. The molecule has 0 aliphatic carbocycles. The van der Waals surface area contributed by atoms with Gasteiger partial charge < -0.3 is 20.4 Å². The number of rotatable bonds is 4. The third kappa shape index (κ3) is 3.46. The molecule has 2 amide bonds. The molecule has 1 fully saturated rings. The maximum atomic E-state index is 13.0. The van der Waals surface area contributed by atoms with Gasteiger partial charge in [0, 0.05) is 37.9 Å². The molecular weight excluding hydrogens is 263 g/mol. The summed E-state index contributed by atoms with van der Waals surface area (Å²) in [5.74, 6) is -0.493. The van der Waals surface area contributed by atoms with Crippen molar-refractivity contribution < 1.29 is 19.4 Å². The molecular formula is C14H19FN2O3. The van der Waals surface area contributed by atoms with Crippen LogP contribution in [0, 0.1) is 17.7 Å². The fourth-order valence-electron chi connectivity index (χ4n) is 2.48. The first-order chi connectivity index (χ1) is 9.63. The van der Waals surface area contributed by atoms with Crippen LogP contribution in [0.5, 0.6) is 0 Å². The fourth-order valence-corrected chi connectivity index (χ4v) is 2.48. The van der Waals surface area contributed by atoms with Crippen molar-refractivity contribution in [2.75, 3.05) is 31.6 Å². The number of carbonyl (C=O) groups excluding carboxylic acids is 1. The number of halogens is 1. The molecule has 1 aliphatic heterocycles. The molecule has 1 aliphatic rings. The molecule has 2 rings (SSSR count). The van der Waals surface area contributed by atoms with E-state index in [4.69, 9.17) is 10.2 Å². The molecule has 3 N–H and O–H groups in total. The average Bonchev–Trinajstić information content (AvgIpc) is 2.90. The fraction of sp³-hybridized carbons (Fsp3) is 0.500. The lowest BCUT2D eigenvalue weighted by atomic mass is 9.93. The largest absolute Gasteiger partial charge is 0.396 e. The van der Waals surface area contributed by atoms with Crippen LogP contribution in [0.15, 0.2) is 24.3 Å². The lowest BCUT2D eigenvalue weighted by Gasteiger charge is -2.20. The Balaban J connectivity index is 1.91. The monoisotopic (exact) mass is 282 g/mol. The van der Waals surface area contributed by atoms with Gasteiger partial charge in [0.1, 0.15) is 5.82 Å². The number of aliphatic hydroxyl groups is 2. The number of likely N-dealkylation sites (tertiary alicyclic amines) is 1. The zero-order valence-electron chi connectivity index (χ0n) is 11.1. The highest BCUT2D eigenvalue weighted by molar-refractivity contribution is 5.89. The molecule has 1 atom stereocenters. The molecule has 6 heteroatoms. The minimum Gasteiger partial charge on any atom is -0.396 e. The van der Waals surface area contributed by atoms with Crippen LogP contribution in [0.1, 0.15) is 6.42 Å². The number of aliphatic hydroxyl groups excluding tert-OH is 2. The summed E-state index contributed by atoms with van der Waals surface area (Å²) in [5.41, 5.74) is 0.416. The van der Waals surface area contributed by atoms with E-state index in [1.54, 1.807) is 11.0 Å². The third-order valence-corrected chi connectivity index (χ3v) is 3.72. The summed E-state index contributed by atoms with van der Waals surface area (Å²) in [5, 5.41) is 21.0. The van der Waals surface area contributed by atoms with E-state index < -0.39 is 5.82 Å². The van der Waals surface area contributed by atoms with E-state index >= 15 is 0 Å². The molecule has 5 nitrogen and oxygen atoms in total. The maximum absolute atomic E-state index is 13.0. The Kier molecular flexibility index (Phi) is 4.92. The molecule has 0 spiro atoms. The third-order valence-electron chi connectivity index (χ3n) is 3.72. The van der Waals surface area contributed by atoms with Gasteiger partial charge in [0.2, 0.25) is 0 Å². The van der Waals surface area contributed by atoms with E-state index in [2.05, 4.69) is 5.32 Å². The summed E-state index contributed by atoms with van der Waals surface area (Å²) >= 11 is 0. The van der Waals surface area contributed by atoms with Gasteiger partial charge in [-0.25, -0.2) is 9.18 Å². The van der Waals surface area contributed by atoms with E-state index in [9.17, 15) is 9.18 Å². The van der Waals surface area contributed by atoms with Gasteiger partial charge >= 0.3 is 6.03 Å². The highest BCUT2D eigenvalue weighted by atomic mass is 19.1. The van der Waals surface area contributed by atoms with Crippen LogP contribution in [0.2, 0.25) is 0 Å². The number of hydrogen-bond donors (Lipinski definition) is 3. The Bertz CT molecular complexity index is 465. The highest BCUT2D eigenvalue weighted by Gasteiger charge is 2.31. The molecule has 0 aromatic heterocycles. The molecule has 0 saturated carbocycles. The average molecular weight is 282 g/mol. The van der Waals surface area contributed by atoms with E-state index in [1.165, 1.54) is 18.2 Å². The molecule has 0 bridgehead atoms. The summed E-state index contributed by atoms with van der Waals surface area (Å²) in [6.45, 7) is 0.899. The van der Waals surface area contributed by atoms with Crippen LogP contribution >= 0.6 is 0 Å². The van der Waals surface area contributed by atoms with Crippen molar-refractivity contribution in [2.45, 2.75) is 6.42 Å². The number of nitrogens with zero attached hydrogens (tertiary/aromatic N) is 1. The van der Waals surface area contributed by atoms with Crippen LogP contribution in [-0.2, 0) is 0 Å². The van der Waals surface area contributed by atoms with E-state index in [1.807, 2.05) is 0 Å². The molecule has 1 saturated heterocycles. The summed E-state index contributed by atoms with van der Waals surface area (Å²) in [4.78, 5) is 13.7. The Morgan fingerprint density at radius 2 is 2.20 bits per heavy atom. The van der Waals surface area contributed by atoms with Gasteiger partial charge in [0.05, 0.1) is 0 Å². The van der Waals surface area contributed by atoms with Gasteiger partial charge in [-0.3, -0.25) is 0 Å². The number of anilines is 1. The van der Waals surface area contributed by atoms with E-state index in [0.29, 0.717) is 18.8 Å². The predicted molar refractivity (Wildman–Crippen MR) is 72.8 cm³/mol. The number of benzene rings is 1. The lowest BCUT2D eigenvalue weighted by Crippen LogP contribution is -2.34. The minimum absolute atomic E-state index is 0.0828.